The van der Waals surface area contributed by atoms with E-state index in [1.54, 1.807) is 29.3 Å². The van der Waals surface area contributed by atoms with Crippen molar-refractivity contribution in [2.45, 2.75) is 148 Å². The quantitative estimate of drug-likeness (QED) is 0.00975. The summed E-state index contributed by atoms with van der Waals surface area (Å²) in [5, 5.41) is 40.3. The monoisotopic (exact) mass is 2170 g/mol. The molecule has 35 nitrogen and oxygen atoms in total. The summed E-state index contributed by atoms with van der Waals surface area (Å²) in [6.07, 6.45) is 12.6. The molecule has 11 aromatic rings. The van der Waals surface area contributed by atoms with Gasteiger partial charge >= 0.3 is 59.7 Å². The van der Waals surface area contributed by atoms with E-state index in [0.29, 0.717) is 30.3 Å². The maximum atomic E-state index is 14.4. The summed E-state index contributed by atoms with van der Waals surface area (Å²) in [5.41, 5.74) is 0.623. The van der Waals surface area contributed by atoms with Crippen molar-refractivity contribution >= 4 is 150 Å². The Morgan fingerprint density at radius 2 is 0.850 bits per heavy atom. The zero-order valence-electron chi connectivity index (χ0n) is 67.6. The predicted molar refractivity (Wildman–Crippen MR) is 450 cm³/mol. The molecular formula is C75H78BBr6F10N21O14. The van der Waals surface area contributed by atoms with Crippen molar-refractivity contribution < 1.29 is 111 Å². The third-order valence-corrected chi connectivity index (χ3v) is 18.4. The second-order valence-corrected chi connectivity index (χ2v) is 30.8. The van der Waals surface area contributed by atoms with E-state index in [2.05, 4.69) is 247 Å². The molecule has 1 aliphatic heterocycles. The van der Waals surface area contributed by atoms with Crippen LogP contribution in [0, 0.1) is 6.92 Å². The number of alkyl halides is 11. The molecule has 10 heterocycles. The molecule has 0 radical (unpaired) electrons. The van der Waals surface area contributed by atoms with Gasteiger partial charge in [-0.25, -0.2) is 38.1 Å². The molecule has 1 fully saturated rings. The van der Waals surface area contributed by atoms with E-state index < -0.39 is 106 Å². The number of ketones is 3. The summed E-state index contributed by atoms with van der Waals surface area (Å²) >= 11 is 17.5. The van der Waals surface area contributed by atoms with Crippen LogP contribution in [0.3, 0.4) is 0 Å². The number of ether oxygens (including phenoxy) is 4. The van der Waals surface area contributed by atoms with Gasteiger partial charge in [-0.2, -0.15) is 53.5 Å². The molecule has 1 saturated heterocycles. The van der Waals surface area contributed by atoms with E-state index in [4.69, 9.17) is 23.6 Å². The molecule has 0 bridgehead atoms. The van der Waals surface area contributed by atoms with Crippen LogP contribution in [0.1, 0.15) is 111 Å². The standard InChI is InChI=1S/C17H15F2N5O2.C13H19BO2.C12H10BrF2N5O3.C9H6BrF2N5O.C9H8BrF2NO2.C5H3Br2N.C4H5BrF2O2.C4H8N4.CO2.CH4/c1-2-26-14-6-3-12(4-7-14)13-5-8-15(20-9-13)17(18,19)16(25)10-24-11-21-22-23-24;1-10-6-8-11(9-7-10)14-15-12(2,3)13(4,5)16-14;1-2-23-11(22)9(20-6-17-18-19-20)10(21)12(14,15)8-4-3-7(13)5-16-8;10-6-1-2-7(13-3-6)9(11,12)8(18)4-17-5-14-15-16-17;1-2-15-8(14)9(11,12)7-4-3-6(10)5-13-7;6-4-1-2-5(7)8-3-4;1-2-9-3(8)4(5,6)7;1-2-3-8-4-5-6-7-8;2-1-3;/h3-9,11H,2,10H2,1H3;6-9H,1-5H3;3-6,9H,2H2,1H3;1-3,5H,4H2;3-5H,2H2,1H3;1-3H;2H2,1H3;4H,2-3H2,1H3;;1H4. The van der Waals surface area contributed by atoms with Crippen molar-refractivity contribution in [2.24, 2.45) is 0 Å². The van der Waals surface area contributed by atoms with Gasteiger partial charge in [-0.1, -0.05) is 62.4 Å². The summed E-state index contributed by atoms with van der Waals surface area (Å²) in [6, 6.07) is 27.1. The first-order valence-corrected chi connectivity index (χ1v) is 40.8. The summed E-state index contributed by atoms with van der Waals surface area (Å²) in [4.78, 5) is 99.4. The van der Waals surface area contributed by atoms with Crippen LogP contribution < -0.4 is 10.2 Å². The SMILES string of the molecule is Brc1ccc(Br)nc1.C.CCCn1cnnn1.CCOC(=O)C(C(=O)C(F)(F)c1ccc(Br)cn1)n1cnnn1.CCOC(=O)C(F)(F)Br.CCOC(=O)C(F)(F)c1ccc(Br)cn1.CCOc1ccc(-c2ccc(C(F)(F)C(=O)Cn3cnnn3)nc2)cc1.Cc1ccc(B2OC(C)(C)C(C)(C)O2)cc1.O=C(Cn1cnnn1)C(F)(F)c1ccc(Br)cn1.O=C=O. The Morgan fingerprint density at radius 3 is 1.20 bits per heavy atom. The number of Topliss-reactive ketones (excluding diaryl/α,β-unsaturated/α-hetero) is 3. The summed E-state index contributed by atoms with van der Waals surface area (Å²) in [7, 11) is -0.245. The van der Waals surface area contributed by atoms with Gasteiger partial charge < -0.3 is 28.3 Å². The Kier molecular flexibility index (Phi) is 46.2. The number of aryl methyl sites for hydroxylation is 2. The number of pyridine rings is 5. The summed E-state index contributed by atoms with van der Waals surface area (Å²) in [5.74, 6) is -23.1. The normalized spacial score (nSPS) is 12.4. The van der Waals surface area contributed by atoms with Crippen molar-refractivity contribution in [1.29, 1.82) is 0 Å². The van der Waals surface area contributed by atoms with Crippen LogP contribution in [-0.4, -0.2) is 197 Å². The van der Waals surface area contributed by atoms with Crippen LogP contribution in [0.4, 0.5) is 43.9 Å². The number of carbonyl (C=O) groups excluding carboxylic acids is 8. The molecule has 0 amide bonds. The van der Waals surface area contributed by atoms with E-state index in [-0.39, 0.29) is 51.7 Å². The van der Waals surface area contributed by atoms with Gasteiger partial charge in [0.1, 0.15) is 71.5 Å². The van der Waals surface area contributed by atoms with Gasteiger partial charge in [0.2, 0.25) is 23.4 Å². The van der Waals surface area contributed by atoms with Gasteiger partial charge in [0, 0.05) is 76.9 Å². The largest absolute Gasteiger partial charge is 0.494 e. The molecule has 9 aromatic heterocycles. The highest BCUT2D eigenvalue weighted by molar-refractivity contribution is 9.11. The minimum absolute atomic E-state index is 0. The number of hydrogen-bond acceptors (Lipinski definition) is 31. The van der Waals surface area contributed by atoms with E-state index in [9.17, 15) is 72.7 Å². The number of aromatic nitrogens is 21. The highest BCUT2D eigenvalue weighted by atomic mass is 79.9. The molecule has 682 valence electrons. The Hall–Kier alpha value is -10.8. The first kappa shape index (κ1) is 110. The van der Waals surface area contributed by atoms with Crippen molar-refractivity contribution in [1.82, 2.24) is 106 Å². The zero-order chi connectivity index (χ0) is 94.2. The molecule has 1 unspecified atom stereocenters. The molecule has 127 heavy (non-hydrogen) atoms. The fourth-order valence-corrected chi connectivity index (χ4v) is 10.2. The average molecular weight is 2180 g/mol. The van der Waals surface area contributed by atoms with Crippen LogP contribution in [-0.2, 0) is 105 Å². The van der Waals surface area contributed by atoms with Gasteiger partial charge in [0.25, 0.3) is 0 Å². The number of halogens is 16. The van der Waals surface area contributed by atoms with Gasteiger partial charge in [-0.3, -0.25) is 34.3 Å². The molecule has 1 aliphatic rings. The van der Waals surface area contributed by atoms with E-state index in [0.717, 1.165) is 97.6 Å². The molecular weight excluding hydrogens is 2100 g/mol. The highest BCUT2D eigenvalue weighted by Gasteiger charge is 2.53. The fourth-order valence-electron chi connectivity index (χ4n) is 8.88. The predicted octanol–water partition coefficient (Wildman–Crippen LogP) is 14.1. The minimum atomic E-state index is -4.02. The number of rotatable bonds is 25. The number of benzene rings is 2. The van der Waals surface area contributed by atoms with Crippen molar-refractivity contribution in [3.63, 3.8) is 0 Å². The van der Waals surface area contributed by atoms with Crippen molar-refractivity contribution in [3.05, 3.63) is 216 Å². The van der Waals surface area contributed by atoms with Gasteiger partial charge in [-0.05, 0) is 268 Å². The minimum Gasteiger partial charge on any atom is -0.494 e. The Balaban J connectivity index is 0.000000383. The van der Waals surface area contributed by atoms with Crippen LogP contribution >= 0.6 is 95.6 Å². The Morgan fingerprint density at radius 1 is 0.465 bits per heavy atom. The third-order valence-electron chi connectivity index (χ3n) is 15.7. The smallest absolute Gasteiger partial charge is 0.494 e. The number of carbonyl (C=O) groups is 6. The molecule has 0 saturated carbocycles. The van der Waals surface area contributed by atoms with Gasteiger partial charge in [0.05, 0.1) is 37.6 Å². The lowest BCUT2D eigenvalue weighted by atomic mass is 9.79. The molecule has 1 atom stereocenters. The lowest BCUT2D eigenvalue weighted by molar-refractivity contribution is -0.192. The maximum absolute atomic E-state index is 14.4. The molecule has 52 heteroatoms. The number of hydrogen-bond donors (Lipinski definition) is 0. The van der Waals surface area contributed by atoms with Crippen LogP contribution in [0.2, 0.25) is 0 Å². The lowest BCUT2D eigenvalue weighted by Crippen LogP contribution is -2.41. The van der Waals surface area contributed by atoms with E-state index in [1.807, 2.05) is 47.1 Å². The Bertz CT molecular complexity index is 5130. The maximum Gasteiger partial charge on any atom is 0.494 e. The molecule has 0 aliphatic carbocycles. The highest BCUT2D eigenvalue weighted by Crippen LogP contribution is 2.38. The lowest BCUT2D eigenvalue weighted by Gasteiger charge is -2.32. The summed E-state index contributed by atoms with van der Waals surface area (Å²) < 4.78 is 173. The molecule has 0 N–H and O–H groups in total. The topological polar surface area (TPSA) is 431 Å². The van der Waals surface area contributed by atoms with Gasteiger partial charge in [0.15, 0.2) is 0 Å². The fraction of sp³-hybridized carbons (Fsp3) is 0.360. The van der Waals surface area contributed by atoms with Crippen LogP contribution in [0.5, 0.6) is 5.75 Å². The first-order chi connectivity index (χ1) is 59.3. The van der Waals surface area contributed by atoms with E-state index in [1.165, 1.54) is 69.2 Å². The average Bonchev–Trinajstić information content (AvgIpc) is 1.64. The third kappa shape index (κ3) is 35.8. The van der Waals surface area contributed by atoms with Crippen LogP contribution in [0.25, 0.3) is 11.1 Å². The molecule has 2 aromatic carbocycles. The Labute approximate surface area is 768 Å². The number of nitrogens with zero attached hydrogens (tertiary/aromatic N) is 21. The zero-order valence-corrected chi connectivity index (χ0v) is 77.1. The summed E-state index contributed by atoms with van der Waals surface area (Å²) in [6.45, 7) is 18.7. The number of esters is 3. The van der Waals surface area contributed by atoms with Crippen molar-refractivity contribution in [2.75, 3.05) is 26.4 Å². The number of tetrazole rings is 4. The molecule has 0 spiro atoms. The van der Waals surface area contributed by atoms with Gasteiger partial charge in [-0.15, -0.1) is 20.4 Å². The van der Waals surface area contributed by atoms with Crippen LogP contribution in [0.15, 0.2) is 188 Å². The first-order valence-electron chi connectivity index (χ1n) is 36.1. The van der Waals surface area contributed by atoms with Crippen molar-refractivity contribution in [3.8, 4) is 16.9 Å². The second kappa shape index (κ2) is 53.1. The molecule has 12 rings (SSSR count). The van der Waals surface area contributed by atoms with E-state index >= 15 is 0 Å². The second-order valence-electron chi connectivity index (χ2n) is 25.3.